The van der Waals surface area contributed by atoms with Gasteiger partial charge in [0, 0.05) is 0 Å². The van der Waals surface area contributed by atoms with E-state index in [4.69, 9.17) is 9.98 Å². The van der Waals surface area contributed by atoms with Gasteiger partial charge in [0.05, 0.1) is 22.8 Å². The van der Waals surface area contributed by atoms with Crippen LogP contribution in [-0.2, 0) is 12.8 Å². The van der Waals surface area contributed by atoms with Crippen LogP contribution >= 0.6 is 0 Å². The molecule has 0 saturated heterocycles. The highest BCUT2D eigenvalue weighted by Crippen LogP contribution is 2.23. The van der Waals surface area contributed by atoms with Crippen LogP contribution in [0.2, 0.25) is 0 Å². The lowest BCUT2D eigenvalue weighted by atomic mass is 10.0. The highest BCUT2D eigenvalue weighted by atomic mass is 14.8. The molecule has 0 aliphatic rings. The Hall–Kier alpha value is -2.22. The van der Waals surface area contributed by atoms with Crippen molar-refractivity contribution < 1.29 is 0 Å². The molecule has 70 heavy (non-hydrogen) atoms. The Balaban J connectivity index is 1.51. The zero-order valence-corrected chi connectivity index (χ0v) is 47.9. The van der Waals surface area contributed by atoms with E-state index in [1.165, 1.54) is 313 Å². The Morgan fingerprint density at radius 2 is 0.457 bits per heavy atom. The minimum Gasteiger partial charge on any atom is -0.252 e. The lowest BCUT2D eigenvalue weighted by Crippen LogP contribution is -2.13. The molecule has 0 unspecified atom stereocenters. The van der Waals surface area contributed by atoms with E-state index in [9.17, 15) is 0 Å². The number of hydrogen-bond donors (Lipinski definition) is 0. The van der Waals surface area contributed by atoms with Gasteiger partial charge in [-0.15, -0.1) is 0 Å². The van der Waals surface area contributed by atoms with E-state index in [1.54, 1.807) is 0 Å². The second-order valence-corrected chi connectivity index (χ2v) is 22.3. The van der Waals surface area contributed by atoms with Crippen LogP contribution in [0, 0.1) is 0 Å². The maximum absolute atomic E-state index is 5.22. The van der Waals surface area contributed by atoms with Crippen molar-refractivity contribution in [2.45, 2.75) is 349 Å². The van der Waals surface area contributed by atoms with Crippen molar-refractivity contribution in [1.29, 1.82) is 0 Å². The predicted molar refractivity (Wildman–Crippen MR) is 319 cm³/mol. The first-order valence-electron chi connectivity index (χ1n) is 32.0. The van der Waals surface area contributed by atoms with Gasteiger partial charge in [-0.1, -0.05) is 328 Å². The Labute approximate surface area is 439 Å². The second-order valence-electron chi connectivity index (χ2n) is 22.3. The van der Waals surface area contributed by atoms with Gasteiger partial charge in [-0.3, -0.25) is 9.98 Å². The standard InChI is InChI=1S/C68H120N2/c1-5-9-12-14-16-18-20-22-24-26-28-30-32-34-36-38-40-42-44-46-48-50-52-63-55-59-65(60-56-63)69-67(8-4)68(54-11-7-3)70-66-61-57-64(58-62-66)53-51-49-47-45-43-41-39-37-35-33-31-29-27-25-23-21-19-17-15-13-10-6-2/h55-62H,5-54H2,1-4H3. The lowest BCUT2D eigenvalue weighted by molar-refractivity contribution is 0.519. The summed E-state index contributed by atoms with van der Waals surface area (Å²) in [6, 6.07) is 18.2. The van der Waals surface area contributed by atoms with Crippen LogP contribution in [0.5, 0.6) is 0 Å². The maximum Gasteiger partial charge on any atom is 0.0633 e. The maximum atomic E-state index is 5.22. The molecule has 0 aromatic heterocycles. The van der Waals surface area contributed by atoms with Crippen LogP contribution in [-0.4, -0.2) is 11.4 Å². The van der Waals surface area contributed by atoms with E-state index < -0.39 is 0 Å². The van der Waals surface area contributed by atoms with Gasteiger partial charge in [0.2, 0.25) is 0 Å². The molecule has 0 aliphatic carbocycles. The van der Waals surface area contributed by atoms with E-state index in [1.807, 2.05) is 0 Å². The summed E-state index contributed by atoms with van der Waals surface area (Å²) in [6.07, 6.45) is 69.9. The molecule has 0 radical (unpaired) electrons. The summed E-state index contributed by atoms with van der Waals surface area (Å²) in [7, 11) is 0. The SMILES string of the molecule is CCCCCCCCCCCCCCCCCCCCCCCCc1ccc(N=C(CC)C(CCCC)=Nc2ccc(CCCCCCCCCCCCCCCCCCCCCCCC)cc2)cc1. The first-order valence-corrected chi connectivity index (χ1v) is 32.0. The molecule has 0 saturated carbocycles. The molecular weight excluding hydrogens is 845 g/mol. The number of nitrogens with zero attached hydrogens (tertiary/aromatic N) is 2. The third-order valence-corrected chi connectivity index (χ3v) is 15.5. The number of unbranched alkanes of at least 4 members (excludes halogenated alkanes) is 43. The van der Waals surface area contributed by atoms with Gasteiger partial charge in [-0.2, -0.15) is 0 Å². The molecule has 2 aromatic rings. The Kier molecular flexibility index (Phi) is 45.9. The summed E-state index contributed by atoms with van der Waals surface area (Å²) in [5, 5.41) is 0. The number of benzene rings is 2. The summed E-state index contributed by atoms with van der Waals surface area (Å²) in [5.41, 5.74) is 7.34. The summed E-state index contributed by atoms with van der Waals surface area (Å²) >= 11 is 0. The lowest BCUT2D eigenvalue weighted by Gasteiger charge is -2.10. The third-order valence-electron chi connectivity index (χ3n) is 15.5. The van der Waals surface area contributed by atoms with Gasteiger partial charge in [0.25, 0.3) is 0 Å². The minimum absolute atomic E-state index is 0.904. The highest BCUT2D eigenvalue weighted by Gasteiger charge is 2.09. The average Bonchev–Trinajstić information content (AvgIpc) is 3.38. The monoisotopic (exact) mass is 965 g/mol. The van der Waals surface area contributed by atoms with Crippen LogP contribution in [0.25, 0.3) is 0 Å². The summed E-state index contributed by atoms with van der Waals surface area (Å²) in [4.78, 5) is 10.4. The van der Waals surface area contributed by atoms with E-state index in [0.717, 1.165) is 42.1 Å². The first kappa shape index (κ1) is 63.9. The van der Waals surface area contributed by atoms with Crippen molar-refractivity contribution in [1.82, 2.24) is 0 Å². The minimum atomic E-state index is 0.904. The topological polar surface area (TPSA) is 24.7 Å². The van der Waals surface area contributed by atoms with E-state index in [2.05, 4.69) is 76.2 Å². The molecule has 0 aliphatic heterocycles. The van der Waals surface area contributed by atoms with E-state index in [0.29, 0.717) is 0 Å². The van der Waals surface area contributed by atoms with Gasteiger partial charge < -0.3 is 0 Å². The smallest absolute Gasteiger partial charge is 0.0633 e. The molecule has 2 aromatic carbocycles. The van der Waals surface area contributed by atoms with Gasteiger partial charge in [-0.05, 0) is 80.3 Å². The first-order chi connectivity index (χ1) is 34.7. The van der Waals surface area contributed by atoms with E-state index in [-0.39, 0.29) is 0 Å². The number of rotatable bonds is 53. The van der Waals surface area contributed by atoms with Crippen LogP contribution in [0.3, 0.4) is 0 Å². The van der Waals surface area contributed by atoms with Gasteiger partial charge in [0.1, 0.15) is 0 Å². The van der Waals surface area contributed by atoms with Gasteiger partial charge in [0.15, 0.2) is 0 Å². The Bertz CT molecular complexity index is 1420. The van der Waals surface area contributed by atoms with Crippen molar-refractivity contribution >= 4 is 22.8 Å². The number of aryl methyl sites for hydroxylation is 2. The largest absolute Gasteiger partial charge is 0.252 e. The van der Waals surface area contributed by atoms with Crippen molar-refractivity contribution in [3.05, 3.63) is 59.7 Å². The summed E-state index contributed by atoms with van der Waals surface area (Å²) < 4.78 is 0. The molecule has 0 spiro atoms. The summed E-state index contributed by atoms with van der Waals surface area (Å²) in [5.74, 6) is 0. The normalized spacial score (nSPS) is 12.2. The fraction of sp³-hybridized carbons (Fsp3) is 0.794. The molecule has 0 heterocycles. The summed E-state index contributed by atoms with van der Waals surface area (Å²) in [6.45, 7) is 9.13. The second kappa shape index (κ2) is 50.3. The molecule has 402 valence electrons. The van der Waals surface area contributed by atoms with Crippen LogP contribution < -0.4 is 0 Å². The molecule has 2 nitrogen and oxygen atoms in total. The average molecular weight is 966 g/mol. The zero-order valence-electron chi connectivity index (χ0n) is 47.9. The Morgan fingerprint density at radius 3 is 0.686 bits per heavy atom. The van der Waals surface area contributed by atoms with Crippen LogP contribution in [0.4, 0.5) is 11.4 Å². The predicted octanol–water partition coefficient (Wildman–Crippen LogP) is 24.4. The Morgan fingerprint density at radius 1 is 0.243 bits per heavy atom. The molecule has 0 N–H and O–H groups in total. The molecule has 0 bridgehead atoms. The van der Waals surface area contributed by atoms with Crippen molar-refractivity contribution in [2.24, 2.45) is 9.98 Å². The van der Waals surface area contributed by atoms with Crippen LogP contribution in [0.1, 0.15) is 347 Å². The van der Waals surface area contributed by atoms with Crippen LogP contribution in [0.15, 0.2) is 58.5 Å². The molecule has 0 amide bonds. The molecular formula is C68H120N2. The van der Waals surface area contributed by atoms with Crippen molar-refractivity contribution in [3.63, 3.8) is 0 Å². The number of aliphatic imine (C=N–C) groups is 2. The zero-order chi connectivity index (χ0) is 49.9. The third kappa shape index (κ3) is 39.3. The van der Waals surface area contributed by atoms with E-state index >= 15 is 0 Å². The highest BCUT2D eigenvalue weighted by molar-refractivity contribution is 6.43. The fourth-order valence-electron chi connectivity index (χ4n) is 10.6. The molecule has 2 rings (SSSR count). The molecule has 0 fully saturated rings. The quantitative estimate of drug-likeness (QED) is 0.0466. The van der Waals surface area contributed by atoms with Gasteiger partial charge in [-0.25, -0.2) is 0 Å². The van der Waals surface area contributed by atoms with Crippen molar-refractivity contribution in [3.8, 4) is 0 Å². The fourth-order valence-corrected chi connectivity index (χ4v) is 10.6. The number of hydrogen-bond acceptors (Lipinski definition) is 2. The van der Waals surface area contributed by atoms with Gasteiger partial charge >= 0.3 is 0 Å². The van der Waals surface area contributed by atoms with Crippen molar-refractivity contribution in [2.75, 3.05) is 0 Å². The molecule has 0 atom stereocenters. The molecule has 2 heteroatoms.